The van der Waals surface area contributed by atoms with E-state index in [1.807, 2.05) is 65.2 Å². The molecule has 2 aromatic carbocycles. The molecule has 0 spiro atoms. The van der Waals surface area contributed by atoms with Crippen LogP contribution in [0.4, 0.5) is 0 Å². The van der Waals surface area contributed by atoms with Gasteiger partial charge < -0.3 is 4.57 Å². The van der Waals surface area contributed by atoms with Gasteiger partial charge >= 0.3 is 0 Å². The highest BCUT2D eigenvalue weighted by Gasteiger charge is 2.14. The minimum Gasteiger partial charge on any atom is -0.332 e. The molecular formula is C16H15N3O. The fourth-order valence-corrected chi connectivity index (χ4v) is 2.41. The van der Waals surface area contributed by atoms with Gasteiger partial charge in [0, 0.05) is 17.4 Å². The van der Waals surface area contributed by atoms with Gasteiger partial charge in [0.2, 0.25) is 0 Å². The molecule has 0 bridgehead atoms. The van der Waals surface area contributed by atoms with Crippen molar-refractivity contribution in [1.82, 2.24) is 9.99 Å². The molecule has 3 rings (SSSR count). The van der Waals surface area contributed by atoms with E-state index in [4.69, 9.17) is 5.84 Å². The van der Waals surface area contributed by atoms with Crippen molar-refractivity contribution in [2.45, 2.75) is 6.54 Å². The number of hydrazine groups is 1. The Morgan fingerprint density at radius 2 is 1.75 bits per heavy atom. The maximum Gasteiger partial charge on any atom is 0.281 e. The molecule has 100 valence electrons. The molecule has 4 heteroatoms. The summed E-state index contributed by atoms with van der Waals surface area (Å²) in [5, 5.41) is 1.03. The molecular weight excluding hydrogens is 250 g/mol. The second-order valence-electron chi connectivity index (χ2n) is 4.63. The van der Waals surface area contributed by atoms with E-state index < -0.39 is 0 Å². The molecule has 0 saturated heterocycles. The number of carbonyl (C=O) groups excluding carboxylic acids is 1. The van der Waals surface area contributed by atoms with Crippen molar-refractivity contribution < 1.29 is 4.79 Å². The van der Waals surface area contributed by atoms with E-state index in [1.165, 1.54) is 0 Å². The van der Waals surface area contributed by atoms with Gasteiger partial charge in [-0.15, -0.1) is 0 Å². The number of para-hydroxylation sites is 1. The van der Waals surface area contributed by atoms with Crippen LogP contribution in [0.1, 0.15) is 16.1 Å². The highest BCUT2D eigenvalue weighted by molar-refractivity contribution is 5.98. The molecule has 1 aromatic heterocycles. The van der Waals surface area contributed by atoms with Gasteiger partial charge in [-0.05, 0) is 17.7 Å². The first-order valence-corrected chi connectivity index (χ1v) is 6.43. The zero-order valence-corrected chi connectivity index (χ0v) is 10.9. The number of hydrogen-bond acceptors (Lipinski definition) is 2. The summed E-state index contributed by atoms with van der Waals surface area (Å²) in [5.41, 5.74) is 4.94. The van der Waals surface area contributed by atoms with Crippen LogP contribution < -0.4 is 11.3 Å². The lowest BCUT2D eigenvalue weighted by Crippen LogP contribution is -2.31. The van der Waals surface area contributed by atoms with Crippen LogP contribution in [0.5, 0.6) is 0 Å². The highest BCUT2D eigenvalue weighted by Crippen LogP contribution is 2.21. The number of nitrogens with two attached hydrogens (primary N) is 1. The van der Waals surface area contributed by atoms with Crippen LogP contribution in [-0.2, 0) is 6.54 Å². The maximum atomic E-state index is 11.9. The van der Waals surface area contributed by atoms with Gasteiger partial charge in [0.15, 0.2) is 0 Å². The average Bonchev–Trinajstić information content (AvgIpc) is 2.86. The standard InChI is InChI=1S/C16H15N3O/c17-18-16(20)15-10-13-8-4-5-9-14(13)19(15)11-12-6-2-1-3-7-12/h1-10H,11,17H2,(H,18,20). The Labute approximate surface area is 116 Å². The summed E-state index contributed by atoms with van der Waals surface area (Å²) in [6.45, 7) is 0.636. The summed E-state index contributed by atoms with van der Waals surface area (Å²) in [5.74, 6) is 4.99. The molecule has 3 N–H and O–H groups in total. The lowest BCUT2D eigenvalue weighted by Gasteiger charge is -2.10. The van der Waals surface area contributed by atoms with Crippen LogP contribution >= 0.6 is 0 Å². The number of benzene rings is 2. The summed E-state index contributed by atoms with van der Waals surface area (Å²) in [4.78, 5) is 11.9. The number of hydrogen-bond donors (Lipinski definition) is 2. The van der Waals surface area contributed by atoms with E-state index in [-0.39, 0.29) is 5.91 Å². The number of fused-ring (bicyclic) bond motifs is 1. The topological polar surface area (TPSA) is 60.0 Å². The predicted octanol–water partition coefficient (Wildman–Crippen LogP) is 2.29. The van der Waals surface area contributed by atoms with Crippen molar-refractivity contribution in [3.63, 3.8) is 0 Å². The van der Waals surface area contributed by atoms with Gasteiger partial charge in [-0.3, -0.25) is 10.2 Å². The van der Waals surface area contributed by atoms with Gasteiger partial charge in [-0.2, -0.15) is 0 Å². The summed E-state index contributed by atoms with van der Waals surface area (Å²) < 4.78 is 1.98. The first kappa shape index (κ1) is 12.4. The zero-order valence-electron chi connectivity index (χ0n) is 10.9. The first-order chi connectivity index (χ1) is 9.79. The second-order valence-corrected chi connectivity index (χ2v) is 4.63. The SMILES string of the molecule is NNC(=O)c1cc2ccccc2n1Cc1ccccc1. The Balaban J connectivity index is 2.13. The third kappa shape index (κ3) is 2.17. The van der Waals surface area contributed by atoms with E-state index in [2.05, 4.69) is 5.43 Å². The molecule has 1 amide bonds. The predicted molar refractivity (Wildman–Crippen MR) is 79.1 cm³/mol. The fraction of sp³-hybridized carbons (Fsp3) is 0.0625. The highest BCUT2D eigenvalue weighted by atomic mass is 16.2. The molecule has 4 nitrogen and oxygen atoms in total. The molecule has 0 aliphatic heterocycles. The summed E-state index contributed by atoms with van der Waals surface area (Å²) >= 11 is 0. The van der Waals surface area contributed by atoms with Crippen molar-refractivity contribution in [2.24, 2.45) is 5.84 Å². The molecule has 0 fully saturated rings. The van der Waals surface area contributed by atoms with Gasteiger partial charge in [0.1, 0.15) is 5.69 Å². The van der Waals surface area contributed by atoms with E-state index in [9.17, 15) is 4.79 Å². The quantitative estimate of drug-likeness (QED) is 0.433. The Bertz CT molecular complexity index is 747. The monoisotopic (exact) mass is 265 g/mol. The maximum absolute atomic E-state index is 11.9. The number of rotatable bonds is 3. The van der Waals surface area contributed by atoms with Gasteiger partial charge in [0.25, 0.3) is 5.91 Å². The Hall–Kier alpha value is -2.59. The Morgan fingerprint density at radius 1 is 1.05 bits per heavy atom. The number of amides is 1. The lowest BCUT2D eigenvalue weighted by atomic mass is 10.2. The van der Waals surface area contributed by atoms with E-state index >= 15 is 0 Å². The second kappa shape index (κ2) is 5.19. The number of carbonyl (C=O) groups is 1. The van der Waals surface area contributed by atoms with Crippen molar-refractivity contribution >= 4 is 16.8 Å². The largest absolute Gasteiger partial charge is 0.332 e. The Kier molecular flexibility index (Phi) is 3.23. The third-order valence-corrected chi connectivity index (χ3v) is 3.36. The molecule has 0 radical (unpaired) electrons. The minimum absolute atomic E-state index is 0.280. The fourth-order valence-electron chi connectivity index (χ4n) is 2.41. The van der Waals surface area contributed by atoms with E-state index in [1.54, 1.807) is 0 Å². The van der Waals surface area contributed by atoms with Crippen molar-refractivity contribution in [2.75, 3.05) is 0 Å². The smallest absolute Gasteiger partial charge is 0.281 e. The van der Waals surface area contributed by atoms with E-state index in [0.29, 0.717) is 12.2 Å². The number of nitrogens with zero attached hydrogens (tertiary/aromatic N) is 1. The van der Waals surface area contributed by atoms with Crippen LogP contribution in [0.15, 0.2) is 60.7 Å². The zero-order chi connectivity index (χ0) is 13.9. The third-order valence-electron chi connectivity index (χ3n) is 3.36. The van der Waals surface area contributed by atoms with Gasteiger partial charge in [-0.25, -0.2) is 5.84 Å². The number of nitrogens with one attached hydrogen (secondary N) is 1. The van der Waals surface area contributed by atoms with Crippen molar-refractivity contribution in [3.8, 4) is 0 Å². The average molecular weight is 265 g/mol. The molecule has 0 saturated carbocycles. The van der Waals surface area contributed by atoms with E-state index in [0.717, 1.165) is 16.5 Å². The van der Waals surface area contributed by atoms with Gasteiger partial charge in [0.05, 0.1) is 0 Å². The summed E-state index contributed by atoms with van der Waals surface area (Å²) in [6, 6.07) is 19.8. The molecule has 1 heterocycles. The van der Waals surface area contributed by atoms with Crippen LogP contribution in [0.3, 0.4) is 0 Å². The van der Waals surface area contributed by atoms with Crippen molar-refractivity contribution in [3.05, 3.63) is 71.9 Å². The molecule has 0 atom stereocenters. The number of nitrogen functional groups attached to an aromatic ring is 1. The van der Waals surface area contributed by atoms with Crippen LogP contribution in [-0.4, -0.2) is 10.5 Å². The normalized spacial score (nSPS) is 10.7. The van der Waals surface area contributed by atoms with Gasteiger partial charge in [-0.1, -0.05) is 48.5 Å². The van der Waals surface area contributed by atoms with Crippen LogP contribution in [0, 0.1) is 0 Å². The Morgan fingerprint density at radius 3 is 2.50 bits per heavy atom. The molecule has 0 aliphatic carbocycles. The minimum atomic E-state index is -0.280. The molecule has 3 aromatic rings. The lowest BCUT2D eigenvalue weighted by molar-refractivity contribution is 0.0945. The molecule has 0 aliphatic rings. The van der Waals surface area contributed by atoms with Crippen molar-refractivity contribution in [1.29, 1.82) is 0 Å². The summed E-state index contributed by atoms with van der Waals surface area (Å²) in [7, 11) is 0. The summed E-state index contributed by atoms with van der Waals surface area (Å²) in [6.07, 6.45) is 0. The first-order valence-electron chi connectivity index (χ1n) is 6.43. The van der Waals surface area contributed by atoms with Crippen LogP contribution in [0.25, 0.3) is 10.9 Å². The molecule has 20 heavy (non-hydrogen) atoms. The number of aromatic nitrogens is 1. The van der Waals surface area contributed by atoms with Crippen LogP contribution in [0.2, 0.25) is 0 Å². The molecule has 0 unspecified atom stereocenters.